The summed E-state index contributed by atoms with van der Waals surface area (Å²) in [6.45, 7) is 7.19. The van der Waals surface area contributed by atoms with Gasteiger partial charge in [0.15, 0.2) is 0 Å². The number of rotatable bonds is 11. The van der Waals surface area contributed by atoms with Gasteiger partial charge in [-0.05, 0) is 48.1 Å². The second kappa shape index (κ2) is 12.7. The zero-order chi connectivity index (χ0) is 24.3. The van der Waals surface area contributed by atoms with Crippen molar-refractivity contribution in [2.75, 3.05) is 6.54 Å². The first-order valence-electron chi connectivity index (χ1n) is 12.2. The van der Waals surface area contributed by atoms with Gasteiger partial charge in [-0.15, -0.1) is 0 Å². The van der Waals surface area contributed by atoms with Crippen molar-refractivity contribution in [3.05, 3.63) is 107 Å². The normalized spacial score (nSPS) is 11.6. The van der Waals surface area contributed by atoms with Gasteiger partial charge >= 0.3 is 0 Å². The third-order valence-corrected chi connectivity index (χ3v) is 6.31. The van der Waals surface area contributed by atoms with Gasteiger partial charge in [-0.3, -0.25) is 9.59 Å². The van der Waals surface area contributed by atoms with Crippen LogP contribution in [0.2, 0.25) is 0 Å². The van der Waals surface area contributed by atoms with Crippen molar-refractivity contribution in [3.8, 4) is 0 Å². The molecule has 2 amide bonds. The SMILES string of the molecule is CCCCNC(=O)[C@@H](Cc1ccccc1)N(Cc1ccccc1C)C(=O)Cc1ccccc1C. The van der Waals surface area contributed by atoms with Crippen LogP contribution < -0.4 is 5.32 Å². The summed E-state index contributed by atoms with van der Waals surface area (Å²) in [4.78, 5) is 29.0. The molecule has 1 N–H and O–H groups in total. The van der Waals surface area contributed by atoms with Crippen LogP contribution in [0.15, 0.2) is 78.9 Å². The molecule has 0 aliphatic carbocycles. The molecule has 178 valence electrons. The van der Waals surface area contributed by atoms with Gasteiger partial charge in [-0.1, -0.05) is 92.2 Å². The van der Waals surface area contributed by atoms with E-state index < -0.39 is 6.04 Å². The number of benzene rings is 3. The average Bonchev–Trinajstić information content (AvgIpc) is 2.84. The van der Waals surface area contributed by atoms with Crippen LogP contribution >= 0.6 is 0 Å². The summed E-state index contributed by atoms with van der Waals surface area (Å²) in [7, 11) is 0. The number of hydrogen-bond acceptors (Lipinski definition) is 2. The maximum atomic E-state index is 13.8. The van der Waals surface area contributed by atoms with Crippen LogP contribution in [0.25, 0.3) is 0 Å². The molecule has 0 saturated carbocycles. The quantitative estimate of drug-likeness (QED) is 0.393. The zero-order valence-corrected chi connectivity index (χ0v) is 20.6. The lowest BCUT2D eigenvalue weighted by molar-refractivity contribution is -0.140. The van der Waals surface area contributed by atoms with Crippen molar-refractivity contribution in [3.63, 3.8) is 0 Å². The van der Waals surface area contributed by atoms with E-state index in [9.17, 15) is 9.59 Å². The highest BCUT2D eigenvalue weighted by molar-refractivity contribution is 5.89. The Labute approximate surface area is 204 Å². The molecular weight excluding hydrogens is 420 g/mol. The molecule has 0 unspecified atom stereocenters. The first kappa shape index (κ1) is 25.2. The first-order chi connectivity index (χ1) is 16.5. The highest BCUT2D eigenvalue weighted by Crippen LogP contribution is 2.19. The first-order valence-corrected chi connectivity index (χ1v) is 12.2. The van der Waals surface area contributed by atoms with Crippen molar-refractivity contribution in [1.29, 1.82) is 0 Å². The number of unbranched alkanes of at least 4 members (excludes halogenated alkanes) is 1. The monoisotopic (exact) mass is 456 g/mol. The number of carbonyl (C=O) groups is 2. The predicted octanol–water partition coefficient (Wildman–Crippen LogP) is 5.40. The van der Waals surface area contributed by atoms with E-state index in [2.05, 4.69) is 12.2 Å². The Hall–Kier alpha value is -3.40. The molecule has 34 heavy (non-hydrogen) atoms. The lowest BCUT2D eigenvalue weighted by Crippen LogP contribution is -2.51. The molecule has 0 aliphatic heterocycles. The molecule has 0 fully saturated rings. The molecule has 0 radical (unpaired) electrons. The summed E-state index contributed by atoms with van der Waals surface area (Å²) in [5, 5.41) is 3.08. The number of aryl methyl sites for hydroxylation is 2. The molecule has 3 aromatic carbocycles. The van der Waals surface area contributed by atoms with Gasteiger partial charge < -0.3 is 10.2 Å². The highest BCUT2D eigenvalue weighted by atomic mass is 16.2. The summed E-state index contributed by atoms with van der Waals surface area (Å²) < 4.78 is 0. The van der Waals surface area contributed by atoms with Gasteiger partial charge in [-0.25, -0.2) is 0 Å². The van der Waals surface area contributed by atoms with E-state index in [1.165, 1.54) is 0 Å². The fourth-order valence-electron chi connectivity index (χ4n) is 4.10. The summed E-state index contributed by atoms with van der Waals surface area (Å²) in [6.07, 6.45) is 2.66. The number of nitrogens with zero attached hydrogens (tertiary/aromatic N) is 1. The Morgan fingerprint density at radius 2 is 1.41 bits per heavy atom. The van der Waals surface area contributed by atoms with Gasteiger partial charge in [0.2, 0.25) is 11.8 Å². The molecule has 3 rings (SSSR count). The highest BCUT2D eigenvalue weighted by Gasteiger charge is 2.30. The smallest absolute Gasteiger partial charge is 0.243 e. The Bertz CT molecular complexity index is 1080. The largest absolute Gasteiger partial charge is 0.354 e. The minimum atomic E-state index is -0.588. The third kappa shape index (κ3) is 7.05. The van der Waals surface area contributed by atoms with E-state index in [0.717, 1.165) is 40.7 Å². The lowest BCUT2D eigenvalue weighted by Gasteiger charge is -2.32. The Kier molecular flexibility index (Phi) is 9.45. The number of hydrogen-bond donors (Lipinski definition) is 1. The molecule has 0 aromatic heterocycles. The topological polar surface area (TPSA) is 49.4 Å². The van der Waals surface area contributed by atoms with Crippen LogP contribution in [-0.4, -0.2) is 29.3 Å². The molecule has 1 atom stereocenters. The van der Waals surface area contributed by atoms with Gasteiger partial charge in [0, 0.05) is 19.5 Å². The van der Waals surface area contributed by atoms with Crippen LogP contribution in [0.5, 0.6) is 0 Å². The Morgan fingerprint density at radius 1 is 0.824 bits per heavy atom. The molecule has 0 heterocycles. The average molecular weight is 457 g/mol. The van der Waals surface area contributed by atoms with Gasteiger partial charge in [0.25, 0.3) is 0 Å². The van der Waals surface area contributed by atoms with Crippen LogP contribution in [0.3, 0.4) is 0 Å². The summed E-state index contributed by atoms with van der Waals surface area (Å²) in [5.41, 5.74) is 5.28. The summed E-state index contributed by atoms with van der Waals surface area (Å²) >= 11 is 0. The fourth-order valence-corrected chi connectivity index (χ4v) is 4.10. The van der Waals surface area contributed by atoms with Crippen molar-refractivity contribution in [2.24, 2.45) is 0 Å². The second-order valence-corrected chi connectivity index (χ2v) is 8.90. The summed E-state index contributed by atoms with van der Waals surface area (Å²) in [6, 6.07) is 25.4. The van der Waals surface area contributed by atoms with E-state index in [-0.39, 0.29) is 18.2 Å². The van der Waals surface area contributed by atoms with E-state index >= 15 is 0 Å². The fraction of sp³-hybridized carbons (Fsp3) is 0.333. The van der Waals surface area contributed by atoms with Crippen LogP contribution in [0.4, 0.5) is 0 Å². The lowest BCUT2D eigenvalue weighted by atomic mass is 9.99. The van der Waals surface area contributed by atoms with Crippen LogP contribution in [-0.2, 0) is 29.0 Å². The number of nitrogens with one attached hydrogen (secondary N) is 1. The minimum absolute atomic E-state index is 0.0378. The summed E-state index contributed by atoms with van der Waals surface area (Å²) in [5.74, 6) is -0.131. The van der Waals surface area contributed by atoms with Crippen molar-refractivity contribution in [2.45, 2.75) is 59.0 Å². The maximum absolute atomic E-state index is 13.8. The van der Waals surface area contributed by atoms with Crippen molar-refractivity contribution in [1.82, 2.24) is 10.2 Å². The molecule has 0 saturated heterocycles. The molecule has 0 spiro atoms. The van der Waals surface area contributed by atoms with E-state index in [1.807, 2.05) is 92.7 Å². The molecule has 0 aliphatic rings. The molecule has 0 bridgehead atoms. The van der Waals surface area contributed by atoms with Crippen molar-refractivity contribution >= 4 is 11.8 Å². The predicted molar refractivity (Wildman–Crippen MR) is 138 cm³/mol. The maximum Gasteiger partial charge on any atom is 0.243 e. The molecular formula is C30H36N2O2. The van der Waals surface area contributed by atoms with Crippen molar-refractivity contribution < 1.29 is 9.59 Å². The third-order valence-electron chi connectivity index (χ3n) is 6.31. The molecule has 4 nitrogen and oxygen atoms in total. The molecule has 3 aromatic rings. The number of carbonyl (C=O) groups excluding carboxylic acids is 2. The van der Waals surface area contributed by atoms with Gasteiger partial charge in [-0.2, -0.15) is 0 Å². The second-order valence-electron chi connectivity index (χ2n) is 8.90. The Morgan fingerprint density at radius 3 is 2.03 bits per heavy atom. The van der Waals surface area contributed by atoms with E-state index in [0.29, 0.717) is 19.5 Å². The number of amides is 2. The van der Waals surface area contributed by atoms with Crippen LogP contribution in [0, 0.1) is 13.8 Å². The Balaban J connectivity index is 1.96. The standard InChI is InChI=1S/C30H36N2O2/c1-4-5-19-31-30(34)28(20-25-15-7-6-8-16-25)32(22-27-18-12-10-14-24(27)3)29(33)21-26-17-11-9-13-23(26)2/h6-18,28H,4-5,19-22H2,1-3H3,(H,31,34)/t28-/m1/s1. The zero-order valence-electron chi connectivity index (χ0n) is 20.6. The van der Waals surface area contributed by atoms with E-state index in [4.69, 9.17) is 0 Å². The van der Waals surface area contributed by atoms with Gasteiger partial charge in [0.1, 0.15) is 6.04 Å². The van der Waals surface area contributed by atoms with Crippen LogP contribution in [0.1, 0.15) is 47.6 Å². The van der Waals surface area contributed by atoms with Gasteiger partial charge in [0.05, 0.1) is 6.42 Å². The van der Waals surface area contributed by atoms with E-state index in [1.54, 1.807) is 4.90 Å². The molecule has 4 heteroatoms. The minimum Gasteiger partial charge on any atom is -0.354 e.